The first kappa shape index (κ1) is 12.1. The molecule has 88 valence electrons. The summed E-state index contributed by atoms with van der Waals surface area (Å²) in [5.41, 5.74) is 2.33. The van der Waals surface area contributed by atoms with Crippen molar-refractivity contribution in [2.45, 2.75) is 0 Å². The average Bonchev–Trinajstić information content (AvgIpc) is 2.33. The molecule has 0 aliphatic rings. The van der Waals surface area contributed by atoms with E-state index in [1.165, 1.54) is 6.20 Å². The van der Waals surface area contributed by atoms with Crippen LogP contribution in [-0.4, -0.2) is 9.97 Å². The lowest BCUT2D eigenvalue weighted by Crippen LogP contribution is -2.10. The van der Waals surface area contributed by atoms with Gasteiger partial charge in [0, 0.05) is 16.7 Å². The molecule has 0 unspecified atom stereocenters. The number of rotatable bonds is 3. The molecule has 0 fully saturated rings. The van der Waals surface area contributed by atoms with Gasteiger partial charge in [0.15, 0.2) is 0 Å². The van der Waals surface area contributed by atoms with E-state index < -0.39 is 0 Å². The first-order valence-corrected chi connectivity index (χ1v) is 5.78. The zero-order chi connectivity index (χ0) is 12.3. The summed E-state index contributed by atoms with van der Waals surface area (Å²) in [6.07, 6.45) is 1.53. The zero-order valence-corrected chi connectivity index (χ0v) is 10.9. The number of halogens is 2. The van der Waals surface area contributed by atoms with E-state index >= 15 is 0 Å². The van der Waals surface area contributed by atoms with Gasteiger partial charge in [0.05, 0.1) is 5.02 Å². The van der Waals surface area contributed by atoms with Crippen LogP contribution in [0.2, 0.25) is 5.02 Å². The van der Waals surface area contributed by atoms with Gasteiger partial charge in [0.25, 0.3) is 0 Å². The molecule has 0 spiro atoms. The fraction of sp³-hybridized carbons (Fsp3) is 0. The molecule has 0 aliphatic heterocycles. The van der Waals surface area contributed by atoms with Crippen LogP contribution >= 0.6 is 27.5 Å². The Balaban J connectivity index is 2.25. The maximum atomic E-state index is 6.01. The van der Waals surface area contributed by atoms with E-state index in [9.17, 15) is 0 Å². The number of benzene rings is 1. The number of nitrogens with two attached hydrogens (primary N) is 1. The fourth-order valence-corrected chi connectivity index (χ4v) is 1.85. The molecule has 0 bridgehead atoms. The molecule has 7 heteroatoms. The monoisotopic (exact) mass is 314 g/mol. The maximum absolute atomic E-state index is 6.01. The summed E-state index contributed by atoms with van der Waals surface area (Å²) in [6, 6.07) is 6.91. The molecule has 1 heterocycles. The second kappa shape index (κ2) is 5.31. The molecule has 2 rings (SSSR count). The van der Waals surface area contributed by atoms with Gasteiger partial charge in [-0.1, -0.05) is 27.5 Å². The molecule has 5 nitrogen and oxygen atoms in total. The molecule has 0 saturated carbocycles. The molecule has 0 saturated heterocycles. The standard InChI is InChI=1S/C10H8BrClN4O/c11-6-1-2-8(7(12)5-6)17-9-3-4-14-10(15-9)16-13/h1-5H,13H2,(H,14,15,16). The van der Waals surface area contributed by atoms with E-state index in [1.54, 1.807) is 18.2 Å². The molecule has 3 N–H and O–H groups in total. The minimum Gasteiger partial charge on any atom is -0.437 e. The Labute approximate surface area is 111 Å². The van der Waals surface area contributed by atoms with Gasteiger partial charge in [-0.05, 0) is 18.2 Å². The minimum atomic E-state index is 0.274. The van der Waals surface area contributed by atoms with Crippen LogP contribution < -0.4 is 16.0 Å². The summed E-state index contributed by atoms with van der Waals surface area (Å²) in [6.45, 7) is 0. The van der Waals surface area contributed by atoms with Crippen LogP contribution in [0.25, 0.3) is 0 Å². The maximum Gasteiger partial charge on any atom is 0.240 e. The largest absolute Gasteiger partial charge is 0.437 e. The molecule has 0 aliphatic carbocycles. The summed E-state index contributed by atoms with van der Waals surface area (Å²) >= 11 is 9.33. The molecule has 0 radical (unpaired) electrons. The van der Waals surface area contributed by atoms with E-state index in [1.807, 2.05) is 6.07 Å². The van der Waals surface area contributed by atoms with Crippen LogP contribution in [0.15, 0.2) is 34.9 Å². The van der Waals surface area contributed by atoms with E-state index in [-0.39, 0.29) is 5.95 Å². The second-order valence-electron chi connectivity index (χ2n) is 3.04. The van der Waals surface area contributed by atoms with Gasteiger partial charge in [-0.25, -0.2) is 10.8 Å². The first-order chi connectivity index (χ1) is 8.19. The van der Waals surface area contributed by atoms with Crippen molar-refractivity contribution >= 4 is 33.5 Å². The third-order valence-electron chi connectivity index (χ3n) is 1.87. The molecule has 0 atom stereocenters. The predicted octanol–water partition coefficient (Wildman–Crippen LogP) is 2.97. The highest BCUT2D eigenvalue weighted by molar-refractivity contribution is 9.10. The predicted molar refractivity (Wildman–Crippen MR) is 69.1 cm³/mol. The van der Waals surface area contributed by atoms with Crippen LogP contribution in [-0.2, 0) is 0 Å². The van der Waals surface area contributed by atoms with Gasteiger partial charge in [-0.3, -0.25) is 5.43 Å². The van der Waals surface area contributed by atoms with E-state index in [0.717, 1.165) is 4.47 Å². The summed E-state index contributed by atoms with van der Waals surface area (Å²) in [5.74, 6) is 6.34. The Morgan fingerprint density at radius 3 is 2.88 bits per heavy atom. The van der Waals surface area contributed by atoms with Crippen LogP contribution in [0.3, 0.4) is 0 Å². The van der Waals surface area contributed by atoms with Crippen molar-refractivity contribution in [3.05, 3.63) is 40.0 Å². The SMILES string of the molecule is NNc1nccc(Oc2ccc(Br)cc2Cl)n1. The van der Waals surface area contributed by atoms with Crippen molar-refractivity contribution < 1.29 is 4.74 Å². The zero-order valence-electron chi connectivity index (χ0n) is 8.52. The minimum absolute atomic E-state index is 0.274. The van der Waals surface area contributed by atoms with Crippen molar-refractivity contribution in [1.82, 2.24) is 9.97 Å². The summed E-state index contributed by atoms with van der Waals surface area (Å²) < 4.78 is 6.38. The Morgan fingerprint density at radius 1 is 1.35 bits per heavy atom. The van der Waals surface area contributed by atoms with Crippen LogP contribution in [0.5, 0.6) is 11.6 Å². The highest BCUT2D eigenvalue weighted by atomic mass is 79.9. The van der Waals surface area contributed by atoms with Gasteiger partial charge >= 0.3 is 0 Å². The molecule has 2 aromatic rings. The third kappa shape index (κ3) is 3.06. The summed E-state index contributed by atoms with van der Waals surface area (Å²) in [5, 5.41) is 0.486. The number of nitrogens with zero attached hydrogens (tertiary/aromatic N) is 2. The van der Waals surface area contributed by atoms with Crippen molar-refractivity contribution in [3.8, 4) is 11.6 Å². The number of nitrogen functional groups attached to an aromatic ring is 1. The van der Waals surface area contributed by atoms with Gasteiger partial charge in [0.1, 0.15) is 5.75 Å². The Kier molecular flexibility index (Phi) is 3.78. The third-order valence-corrected chi connectivity index (χ3v) is 2.66. The number of hydrogen-bond acceptors (Lipinski definition) is 5. The lowest BCUT2D eigenvalue weighted by Gasteiger charge is -2.07. The normalized spacial score (nSPS) is 10.1. The number of hydrogen-bond donors (Lipinski definition) is 2. The summed E-state index contributed by atoms with van der Waals surface area (Å²) in [4.78, 5) is 7.88. The van der Waals surface area contributed by atoms with Gasteiger partial charge in [-0.2, -0.15) is 4.98 Å². The molecule has 17 heavy (non-hydrogen) atoms. The van der Waals surface area contributed by atoms with Gasteiger partial charge < -0.3 is 4.74 Å². The number of nitrogens with one attached hydrogen (secondary N) is 1. The Bertz CT molecular complexity index is 537. The Morgan fingerprint density at radius 2 is 2.18 bits per heavy atom. The highest BCUT2D eigenvalue weighted by Gasteiger charge is 2.05. The highest BCUT2D eigenvalue weighted by Crippen LogP contribution is 2.30. The van der Waals surface area contributed by atoms with E-state index in [2.05, 4.69) is 31.3 Å². The van der Waals surface area contributed by atoms with Crippen molar-refractivity contribution in [1.29, 1.82) is 0 Å². The topological polar surface area (TPSA) is 73.1 Å². The number of hydrazine groups is 1. The average molecular weight is 316 g/mol. The first-order valence-electron chi connectivity index (χ1n) is 4.61. The van der Waals surface area contributed by atoms with Crippen LogP contribution in [0, 0.1) is 0 Å². The van der Waals surface area contributed by atoms with Crippen LogP contribution in [0.4, 0.5) is 5.95 Å². The smallest absolute Gasteiger partial charge is 0.240 e. The van der Waals surface area contributed by atoms with Gasteiger partial charge in [0.2, 0.25) is 11.8 Å². The van der Waals surface area contributed by atoms with E-state index in [0.29, 0.717) is 16.7 Å². The van der Waals surface area contributed by atoms with Gasteiger partial charge in [-0.15, -0.1) is 0 Å². The quantitative estimate of drug-likeness (QED) is 0.673. The van der Waals surface area contributed by atoms with Crippen molar-refractivity contribution in [3.63, 3.8) is 0 Å². The molecule has 1 aromatic carbocycles. The lowest BCUT2D eigenvalue weighted by atomic mass is 10.3. The second-order valence-corrected chi connectivity index (χ2v) is 4.36. The molecular formula is C10H8BrClN4O. The summed E-state index contributed by atoms with van der Waals surface area (Å²) in [7, 11) is 0. The molecular weight excluding hydrogens is 307 g/mol. The fourth-order valence-electron chi connectivity index (χ4n) is 1.14. The van der Waals surface area contributed by atoms with Crippen LogP contribution in [0.1, 0.15) is 0 Å². The number of ether oxygens (including phenoxy) is 1. The van der Waals surface area contributed by atoms with Crippen molar-refractivity contribution in [2.75, 3.05) is 5.43 Å². The molecule has 1 aromatic heterocycles. The Hall–Kier alpha value is -1.37. The lowest BCUT2D eigenvalue weighted by molar-refractivity contribution is 0.462. The number of anilines is 1. The number of aromatic nitrogens is 2. The van der Waals surface area contributed by atoms with E-state index in [4.69, 9.17) is 22.2 Å². The van der Waals surface area contributed by atoms with Crippen molar-refractivity contribution in [2.24, 2.45) is 5.84 Å². The molecule has 0 amide bonds.